The van der Waals surface area contributed by atoms with E-state index in [1.54, 1.807) is 7.11 Å². The van der Waals surface area contributed by atoms with Crippen LogP contribution in [0.4, 0.5) is 0 Å². The zero-order valence-electron chi connectivity index (χ0n) is 11.9. The zero-order valence-corrected chi connectivity index (χ0v) is 15.1. The van der Waals surface area contributed by atoms with E-state index in [9.17, 15) is 0 Å². The van der Waals surface area contributed by atoms with Gasteiger partial charge in [-0.3, -0.25) is 0 Å². The second-order valence-electron chi connectivity index (χ2n) is 5.00. The van der Waals surface area contributed by atoms with Gasteiger partial charge in [0, 0.05) is 14.9 Å². The molecule has 1 atom stereocenters. The highest BCUT2D eigenvalue weighted by Crippen LogP contribution is 2.37. The Balaban J connectivity index is 2.26. The summed E-state index contributed by atoms with van der Waals surface area (Å²) in [6.07, 6.45) is 0.937. The first kappa shape index (κ1) is 15.6. The normalized spacial score (nSPS) is 12.2. The third-order valence-corrected chi connectivity index (χ3v) is 5.06. The Hall–Kier alpha value is -0.800. The summed E-state index contributed by atoms with van der Waals surface area (Å²) in [5.74, 6) is 0.930. The van der Waals surface area contributed by atoms with Gasteiger partial charge in [0.15, 0.2) is 0 Å². The lowest BCUT2D eigenvalue weighted by Crippen LogP contribution is -2.00. The number of rotatable bonds is 4. The number of methoxy groups -OCH3 is 1. The lowest BCUT2D eigenvalue weighted by molar-refractivity contribution is 0.409. The van der Waals surface area contributed by atoms with E-state index in [1.165, 1.54) is 22.3 Å². The average Bonchev–Trinajstić information content (AvgIpc) is 2.43. The number of hydrogen-bond donors (Lipinski definition) is 0. The molecule has 0 radical (unpaired) electrons. The number of benzene rings is 2. The highest BCUT2D eigenvalue weighted by Gasteiger charge is 2.15. The van der Waals surface area contributed by atoms with E-state index >= 15 is 0 Å². The molecule has 0 aromatic heterocycles. The SMILES string of the molecule is COc1cc(C)c(Br)cc1C(Br)Cc1ccc(C)cc1. The molecule has 2 aromatic carbocycles. The molecule has 2 rings (SSSR count). The predicted octanol–water partition coefficient (Wildman–Crippen LogP) is 5.75. The first-order valence-corrected chi connectivity index (χ1v) is 8.25. The fourth-order valence-electron chi connectivity index (χ4n) is 2.13. The van der Waals surface area contributed by atoms with Crippen molar-refractivity contribution in [3.63, 3.8) is 0 Å². The lowest BCUT2D eigenvalue weighted by atomic mass is 10.0. The molecule has 0 amide bonds. The van der Waals surface area contributed by atoms with Crippen molar-refractivity contribution >= 4 is 31.9 Å². The Kier molecular flexibility index (Phi) is 5.28. The molecule has 0 saturated heterocycles. The molecule has 0 saturated carbocycles. The van der Waals surface area contributed by atoms with Crippen LogP contribution in [0.1, 0.15) is 27.1 Å². The standard InChI is InChI=1S/C17H18Br2O/c1-11-4-6-13(7-5-11)9-16(19)14-10-15(18)12(2)8-17(14)20-3/h4-8,10,16H,9H2,1-3H3. The molecule has 1 unspecified atom stereocenters. The van der Waals surface area contributed by atoms with Gasteiger partial charge in [-0.25, -0.2) is 0 Å². The topological polar surface area (TPSA) is 9.23 Å². The van der Waals surface area contributed by atoms with Crippen LogP contribution in [-0.2, 0) is 6.42 Å². The molecular weight excluding hydrogens is 380 g/mol. The van der Waals surface area contributed by atoms with Crippen molar-refractivity contribution in [3.05, 3.63) is 63.1 Å². The van der Waals surface area contributed by atoms with Crippen molar-refractivity contribution in [1.29, 1.82) is 0 Å². The molecule has 20 heavy (non-hydrogen) atoms. The largest absolute Gasteiger partial charge is 0.496 e. The smallest absolute Gasteiger partial charge is 0.123 e. The van der Waals surface area contributed by atoms with E-state index in [1.807, 2.05) is 0 Å². The van der Waals surface area contributed by atoms with Gasteiger partial charge in [-0.15, -0.1) is 0 Å². The Morgan fingerprint density at radius 1 is 1.10 bits per heavy atom. The fourth-order valence-corrected chi connectivity index (χ4v) is 3.23. The summed E-state index contributed by atoms with van der Waals surface area (Å²) < 4.78 is 6.62. The van der Waals surface area contributed by atoms with Crippen LogP contribution >= 0.6 is 31.9 Å². The zero-order chi connectivity index (χ0) is 14.7. The van der Waals surface area contributed by atoms with E-state index in [0.717, 1.165) is 16.6 Å². The first-order valence-electron chi connectivity index (χ1n) is 6.55. The quantitative estimate of drug-likeness (QED) is 0.596. The second-order valence-corrected chi connectivity index (χ2v) is 6.96. The van der Waals surface area contributed by atoms with E-state index < -0.39 is 0 Å². The van der Waals surface area contributed by atoms with Crippen LogP contribution in [0.25, 0.3) is 0 Å². The fraction of sp³-hybridized carbons (Fsp3) is 0.294. The molecule has 1 nitrogen and oxygen atoms in total. The summed E-state index contributed by atoms with van der Waals surface area (Å²) >= 11 is 7.39. The van der Waals surface area contributed by atoms with Gasteiger partial charge in [0.2, 0.25) is 0 Å². The van der Waals surface area contributed by atoms with Crippen LogP contribution in [0, 0.1) is 13.8 Å². The third kappa shape index (κ3) is 3.64. The first-order chi connectivity index (χ1) is 9.51. The van der Waals surface area contributed by atoms with Gasteiger partial charge < -0.3 is 4.74 Å². The van der Waals surface area contributed by atoms with E-state index in [-0.39, 0.29) is 4.83 Å². The highest BCUT2D eigenvalue weighted by molar-refractivity contribution is 9.10. The minimum Gasteiger partial charge on any atom is -0.496 e. The Labute approximate surface area is 137 Å². The van der Waals surface area contributed by atoms with Gasteiger partial charge in [0.05, 0.1) is 7.11 Å². The van der Waals surface area contributed by atoms with E-state index in [2.05, 4.69) is 82.1 Å². The van der Waals surface area contributed by atoms with Gasteiger partial charge in [-0.2, -0.15) is 0 Å². The number of aryl methyl sites for hydroxylation is 2. The van der Waals surface area contributed by atoms with Gasteiger partial charge in [-0.1, -0.05) is 61.7 Å². The molecule has 3 heteroatoms. The van der Waals surface area contributed by atoms with Crippen molar-refractivity contribution in [1.82, 2.24) is 0 Å². The summed E-state index contributed by atoms with van der Waals surface area (Å²) in [6, 6.07) is 12.9. The Morgan fingerprint density at radius 3 is 2.35 bits per heavy atom. The molecule has 2 aromatic rings. The van der Waals surface area contributed by atoms with Gasteiger partial charge >= 0.3 is 0 Å². The molecule has 0 fully saturated rings. The monoisotopic (exact) mass is 396 g/mol. The minimum absolute atomic E-state index is 0.233. The maximum atomic E-state index is 5.51. The van der Waals surface area contributed by atoms with Gasteiger partial charge in [-0.05, 0) is 43.5 Å². The average molecular weight is 398 g/mol. The lowest BCUT2D eigenvalue weighted by Gasteiger charge is -2.16. The van der Waals surface area contributed by atoms with Crippen molar-refractivity contribution < 1.29 is 4.74 Å². The Morgan fingerprint density at radius 2 is 1.75 bits per heavy atom. The number of halogens is 2. The third-order valence-electron chi connectivity index (χ3n) is 3.38. The predicted molar refractivity (Wildman–Crippen MR) is 92.0 cm³/mol. The van der Waals surface area contributed by atoms with Crippen LogP contribution in [0.5, 0.6) is 5.75 Å². The molecule has 0 aliphatic carbocycles. The second kappa shape index (κ2) is 6.77. The Bertz CT molecular complexity index is 591. The van der Waals surface area contributed by atoms with Crippen molar-refractivity contribution in [2.45, 2.75) is 25.1 Å². The minimum atomic E-state index is 0.233. The molecular formula is C17H18Br2O. The molecule has 0 N–H and O–H groups in total. The maximum absolute atomic E-state index is 5.51. The van der Waals surface area contributed by atoms with Crippen LogP contribution in [0.2, 0.25) is 0 Å². The van der Waals surface area contributed by atoms with Crippen LogP contribution in [0.3, 0.4) is 0 Å². The molecule has 0 aliphatic heterocycles. The molecule has 0 spiro atoms. The summed E-state index contributed by atoms with van der Waals surface area (Å²) in [5.41, 5.74) is 4.96. The van der Waals surface area contributed by atoms with Crippen LogP contribution in [-0.4, -0.2) is 7.11 Å². The molecule has 0 heterocycles. The van der Waals surface area contributed by atoms with Crippen molar-refractivity contribution in [2.75, 3.05) is 7.11 Å². The van der Waals surface area contributed by atoms with Crippen LogP contribution < -0.4 is 4.74 Å². The number of alkyl halides is 1. The van der Waals surface area contributed by atoms with Crippen molar-refractivity contribution in [2.24, 2.45) is 0 Å². The maximum Gasteiger partial charge on any atom is 0.123 e. The summed E-state index contributed by atoms with van der Waals surface area (Å²) in [5, 5.41) is 0. The number of ether oxygens (including phenoxy) is 1. The van der Waals surface area contributed by atoms with E-state index in [4.69, 9.17) is 4.74 Å². The summed E-state index contributed by atoms with van der Waals surface area (Å²) in [4.78, 5) is 0.233. The van der Waals surface area contributed by atoms with E-state index in [0.29, 0.717) is 0 Å². The number of hydrogen-bond acceptors (Lipinski definition) is 1. The molecule has 0 bridgehead atoms. The van der Waals surface area contributed by atoms with Crippen LogP contribution in [0.15, 0.2) is 40.9 Å². The van der Waals surface area contributed by atoms with Gasteiger partial charge in [0.1, 0.15) is 5.75 Å². The highest BCUT2D eigenvalue weighted by atomic mass is 79.9. The van der Waals surface area contributed by atoms with Gasteiger partial charge in [0.25, 0.3) is 0 Å². The molecule has 0 aliphatic rings. The van der Waals surface area contributed by atoms with Crippen molar-refractivity contribution in [3.8, 4) is 5.75 Å². The summed E-state index contributed by atoms with van der Waals surface area (Å²) in [6.45, 7) is 4.18. The molecule has 106 valence electrons. The summed E-state index contributed by atoms with van der Waals surface area (Å²) in [7, 11) is 1.72.